The van der Waals surface area contributed by atoms with Gasteiger partial charge in [0.15, 0.2) is 0 Å². The lowest BCUT2D eigenvalue weighted by molar-refractivity contribution is -0.141. The second-order valence-electron chi connectivity index (χ2n) is 7.28. The van der Waals surface area contributed by atoms with E-state index in [9.17, 15) is 9.59 Å². The molecular formula is C18H23N5O3. The molecule has 0 radical (unpaired) electrons. The van der Waals surface area contributed by atoms with E-state index < -0.39 is 17.4 Å². The number of hydrogen-bond donors (Lipinski definition) is 2. The molecule has 8 heteroatoms. The second-order valence-corrected chi connectivity index (χ2v) is 7.28. The molecule has 0 bridgehead atoms. The van der Waals surface area contributed by atoms with E-state index >= 15 is 0 Å². The van der Waals surface area contributed by atoms with Gasteiger partial charge in [0.1, 0.15) is 5.69 Å². The molecule has 0 saturated heterocycles. The van der Waals surface area contributed by atoms with Crippen molar-refractivity contribution in [1.82, 2.24) is 25.3 Å². The van der Waals surface area contributed by atoms with E-state index in [-0.39, 0.29) is 11.8 Å². The molecule has 2 N–H and O–H groups in total. The molecule has 1 aliphatic carbocycles. The van der Waals surface area contributed by atoms with Crippen LogP contribution in [0.1, 0.15) is 44.5 Å². The molecule has 2 heterocycles. The Morgan fingerprint density at radius 3 is 2.73 bits per heavy atom. The minimum atomic E-state index is -0.822. The van der Waals surface area contributed by atoms with Gasteiger partial charge in [-0.25, -0.2) is 4.68 Å². The van der Waals surface area contributed by atoms with Gasteiger partial charge in [-0.3, -0.25) is 14.6 Å². The van der Waals surface area contributed by atoms with Crippen molar-refractivity contribution in [3.05, 3.63) is 42.0 Å². The lowest BCUT2D eigenvalue weighted by atomic mass is 9.98. The van der Waals surface area contributed by atoms with Crippen molar-refractivity contribution in [2.45, 2.75) is 45.2 Å². The van der Waals surface area contributed by atoms with Crippen LogP contribution in [0, 0.1) is 11.8 Å². The maximum absolute atomic E-state index is 12.5. The molecule has 2 aromatic heterocycles. The van der Waals surface area contributed by atoms with Crippen molar-refractivity contribution >= 4 is 11.9 Å². The van der Waals surface area contributed by atoms with Crippen molar-refractivity contribution in [2.24, 2.45) is 11.8 Å². The molecule has 26 heavy (non-hydrogen) atoms. The van der Waals surface area contributed by atoms with Crippen LogP contribution in [0.4, 0.5) is 0 Å². The number of nitrogens with one attached hydrogen (secondary N) is 1. The number of pyridine rings is 1. The molecule has 1 aliphatic rings. The van der Waals surface area contributed by atoms with Crippen LogP contribution in [-0.2, 0) is 21.7 Å². The van der Waals surface area contributed by atoms with Crippen LogP contribution in [-0.4, -0.2) is 37.0 Å². The minimum Gasteiger partial charge on any atom is -0.481 e. The first-order valence-corrected chi connectivity index (χ1v) is 8.70. The maximum atomic E-state index is 12.5. The first-order valence-electron chi connectivity index (χ1n) is 8.70. The predicted octanol–water partition coefficient (Wildman–Crippen LogP) is 1.57. The van der Waals surface area contributed by atoms with Gasteiger partial charge in [0, 0.05) is 12.1 Å². The van der Waals surface area contributed by atoms with E-state index in [1.54, 1.807) is 17.1 Å². The molecule has 1 fully saturated rings. The summed E-state index contributed by atoms with van der Waals surface area (Å²) >= 11 is 0. The third kappa shape index (κ3) is 4.07. The molecule has 2 atom stereocenters. The number of hydrogen-bond acceptors (Lipinski definition) is 5. The molecule has 1 saturated carbocycles. The number of carboxylic acid groups (broad SMARTS) is 1. The van der Waals surface area contributed by atoms with Gasteiger partial charge in [-0.05, 0) is 45.2 Å². The summed E-state index contributed by atoms with van der Waals surface area (Å²) in [6, 6.07) is 5.68. The zero-order valence-electron chi connectivity index (χ0n) is 14.9. The fourth-order valence-electron chi connectivity index (χ4n) is 3.24. The van der Waals surface area contributed by atoms with Crippen LogP contribution in [0.2, 0.25) is 0 Å². The average molecular weight is 357 g/mol. The number of aliphatic carboxylic acids is 1. The summed E-state index contributed by atoms with van der Waals surface area (Å²) in [4.78, 5) is 27.9. The molecule has 138 valence electrons. The fraction of sp³-hybridized carbons (Fsp3) is 0.500. The predicted molar refractivity (Wildman–Crippen MR) is 93.0 cm³/mol. The minimum absolute atomic E-state index is 0.127. The largest absolute Gasteiger partial charge is 0.481 e. The summed E-state index contributed by atoms with van der Waals surface area (Å²) in [6.07, 6.45) is 5.07. The zero-order chi connectivity index (χ0) is 18.7. The maximum Gasteiger partial charge on any atom is 0.306 e. The first kappa shape index (κ1) is 18.0. The van der Waals surface area contributed by atoms with Crippen molar-refractivity contribution in [1.29, 1.82) is 0 Å². The number of rotatable bonds is 6. The highest BCUT2D eigenvalue weighted by atomic mass is 16.4. The van der Waals surface area contributed by atoms with Gasteiger partial charge in [0.2, 0.25) is 5.91 Å². The van der Waals surface area contributed by atoms with E-state index in [1.807, 2.05) is 32.0 Å². The second kappa shape index (κ2) is 7.23. The molecular weight excluding hydrogens is 334 g/mol. The lowest BCUT2D eigenvalue weighted by Crippen LogP contribution is -2.44. The normalized spacial score (nSPS) is 20.1. The summed E-state index contributed by atoms with van der Waals surface area (Å²) in [5.41, 5.74) is 0.826. The van der Waals surface area contributed by atoms with Crippen LogP contribution < -0.4 is 5.32 Å². The number of nitrogens with zero attached hydrogens (tertiary/aromatic N) is 4. The molecule has 1 amide bonds. The Balaban J connectivity index is 1.63. The molecule has 0 unspecified atom stereocenters. The highest BCUT2D eigenvalue weighted by molar-refractivity contribution is 5.81. The Kier molecular flexibility index (Phi) is 5.01. The van der Waals surface area contributed by atoms with E-state index in [0.29, 0.717) is 31.5 Å². The van der Waals surface area contributed by atoms with Gasteiger partial charge >= 0.3 is 5.97 Å². The number of carbonyl (C=O) groups is 2. The van der Waals surface area contributed by atoms with Crippen molar-refractivity contribution in [3.63, 3.8) is 0 Å². The Bertz CT molecular complexity index is 787. The highest BCUT2D eigenvalue weighted by Crippen LogP contribution is 2.32. The highest BCUT2D eigenvalue weighted by Gasteiger charge is 2.36. The van der Waals surface area contributed by atoms with E-state index in [4.69, 9.17) is 5.11 Å². The molecule has 8 nitrogen and oxygen atoms in total. The van der Waals surface area contributed by atoms with Gasteiger partial charge in [0.25, 0.3) is 0 Å². The number of amides is 1. The molecule has 2 aromatic rings. The van der Waals surface area contributed by atoms with Gasteiger partial charge in [0.05, 0.1) is 29.9 Å². The van der Waals surface area contributed by atoms with Gasteiger partial charge in [-0.1, -0.05) is 11.3 Å². The number of carbonyl (C=O) groups excluding carboxylic acids is 1. The van der Waals surface area contributed by atoms with Crippen LogP contribution in [0.15, 0.2) is 30.6 Å². The molecule has 0 aromatic carbocycles. The summed E-state index contributed by atoms with van der Waals surface area (Å²) in [5.74, 6) is -1.64. The quantitative estimate of drug-likeness (QED) is 0.812. The fourth-order valence-corrected chi connectivity index (χ4v) is 3.24. The monoisotopic (exact) mass is 357 g/mol. The first-order chi connectivity index (χ1) is 12.3. The number of carboxylic acids is 1. The lowest BCUT2D eigenvalue weighted by Gasteiger charge is -2.25. The summed E-state index contributed by atoms with van der Waals surface area (Å²) in [7, 11) is 0. The SMILES string of the molecule is CC(C)(NC(=O)[C@@H]1CC[C@H](C(=O)O)C1)c1cn(Cc2ccccn2)nn1. The summed E-state index contributed by atoms with van der Waals surface area (Å²) < 4.78 is 1.68. The van der Waals surface area contributed by atoms with E-state index in [0.717, 1.165) is 5.69 Å². The van der Waals surface area contributed by atoms with E-state index in [2.05, 4.69) is 20.6 Å². The van der Waals surface area contributed by atoms with Crippen LogP contribution in [0.5, 0.6) is 0 Å². The third-order valence-corrected chi connectivity index (χ3v) is 4.82. The van der Waals surface area contributed by atoms with E-state index in [1.165, 1.54) is 0 Å². The average Bonchev–Trinajstić information content (AvgIpc) is 3.25. The van der Waals surface area contributed by atoms with Crippen molar-refractivity contribution in [2.75, 3.05) is 0 Å². The standard InChI is InChI=1S/C18H23N5O3/c1-18(2,20-16(24)12-6-7-13(9-12)17(25)26)15-11-23(22-21-15)10-14-5-3-4-8-19-14/h3-5,8,11-13H,6-7,9-10H2,1-2H3,(H,20,24)(H,25,26)/t12-,13+/m1/s1. The zero-order valence-corrected chi connectivity index (χ0v) is 14.9. The molecule has 0 spiro atoms. The Morgan fingerprint density at radius 2 is 2.08 bits per heavy atom. The van der Waals surface area contributed by atoms with Crippen LogP contribution in [0.25, 0.3) is 0 Å². The number of aromatic nitrogens is 4. The van der Waals surface area contributed by atoms with Gasteiger partial charge in [-0.2, -0.15) is 0 Å². The van der Waals surface area contributed by atoms with Gasteiger partial charge < -0.3 is 10.4 Å². The van der Waals surface area contributed by atoms with Crippen LogP contribution >= 0.6 is 0 Å². The Labute approximate surface area is 151 Å². The molecule has 0 aliphatic heterocycles. The van der Waals surface area contributed by atoms with Crippen molar-refractivity contribution < 1.29 is 14.7 Å². The third-order valence-electron chi connectivity index (χ3n) is 4.82. The topological polar surface area (TPSA) is 110 Å². The Hall–Kier alpha value is -2.77. The van der Waals surface area contributed by atoms with Crippen molar-refractivity contribution in [3.8, 4) is 0 Å². The Morgan fingerprint density at radius 1 is 1.31 bits per heavy atom. The summed E-state index contributed by atoms with van der Waals surface area (Å²) in [5, 5.41) is 20.4. The van der Waals surface area contributed by atoms with Crippen LogP contribution in [0.3, 0.4) is 0 Å². The molecule has 3 rings (SSSR count). The summed E-state index contributed by atoms with van der Waals surface area (Å²) in [6.45, 7) is 4.23. The smallest absolute Gasteiger partial charge is 0.306 e. The van der Waals surface area contributed by atoms with Gasteiger partial charge in [-0.15, -0.1) is 5.10 Å².